The van der Waals surface area contributed by atoms with Gasteiger partial charge >= 0.3 is 23.9 Å². The van der Waals surface area contributed by atoms with E-state index < -0.39 is 42.2 Å². The first-order chi connectivity index (χ1) is 10.2. The molecule has 126 valence electrons. The van der Waals surface area contributed by atoms with Gasteiger partial charge in [0.1, 0.15) is 6.61 Å². The summed E-state index contributed by atoms with van der Waals surface area (Å²) in [4.78, 5) is 44.4. The Morgan fingerprint density at radius 2 is 1.23 bits per heavy atom. The van der Waals surface area contributed by atoms with E-state index in [-0.39, 0.29) is 12.5 Å². The van der Waals surface area contributed by atoms with Crippen LogP contribution in [0, 0.1) is 0 Å². The Morgan fingerprint density at radius 3 is 1.59 bits per heavy atom. The zero-order valence-electron chi connectivity index (χ0n) is 12.8. The molecular formula is C13H19ClO8. The molecule has 8 nitrogen and oxygen atoms in total. The van der Waals surface area contributed by atoms with Gasteiger partial charge in [0.2, 0.25) is 0 Å². The van der Waals surface area contributed by atoms with E-state index in [9.17, 15) is 19.2 Å². The van der Waals surface area contributed by atoms with E-state index in [1.54, 1.807) is 0 Å². The maximum Gasteiger partial charge on any atom is 0.303 e. The third-order valence-electron chi connectivity index (χ3n) is 2.27. The molecule has 22 heavy (non-hydrogen) atoms. The Bertz CT molecular complexity index is 422. The number of carbonyl (C=O) groups is 4. The molecule has 0 aromatic heterocycles. The van der Waals surface area contributed by atoms with Crippen LogP contribution in [0.2, 0.25) is 0 Å². The predicted octanol–water partition coefficient (Wildman–Crippen LogP) is 0.583. The minimum Gasteiger partial charge on any atom is -0.462 e. The quantitative estimate of drug-likeness (QED) is 0.359. The molecule has 9 heteroatoms. The van der Waals surface area contributed by atoms with Crippen LogP contribution >= 0.6 is 11.6 Å². The van der Waals surface area contributed by atoms with Crippen molar-refractivity contribution in [2.24, 2.45) is 0 Å². The average molecular weight is 339 g/mol. The molecule has 0 saturated carbocycles. The summed E-state index contributed by atoms with van der Waals surface area (Å²) in [5, 5.41) is 0. The van der Waals surface area contributed by atoms with Crippen molar-refractivity contribution in [3.05, 3.63) is 0 Å². The maximum atomic E-state index is 11.2. The monoisotopic (exact) mass is 338 g/mol. The minimum atomic E-state index is -1.21. The van der Waals surface area contributed by atoms with E-state index in [0.717, 1.165) is 27.7 Å². The Hall–Kier alpha value is -1.83. The summed E-state index contributed by atoms with van der Waals surface area (Å²) in [5.41, 5.74) is 0. The molecule has 0 saturated heterocycles. The largest absolute Gasteiger partial charge is 0.462 e. The summed E-state index contributed by atoms with van der Waals surface area (Å²) in [7, 11) is 0. The van der Waals surface area contributed by atoms with Crippen LogP contribution in [-0.4, -0.2) is 54.7 Å². The zero-order chi connectivity index (χ0) is 17.3. The molecule has 0 aliphatic rings. The van der Waals surface area contributed by atoms with Crippen LogP contribution in [0.4, 0.5) is 0 Å². The highest BCUT2D eigenvalue weighted by molar-refractivity contribution is 6.18. The van der Waals surface area contributed by atoms with Gasteiger partial charge in [0, 0.05) is 27.7 Å². The van der Waals surface area contributed by atoms with Gasteiger partial charge in [-0.05, 0) is 0 Å². The first kappa shape index (κ1) is 20.2. The highest BCUT2D eigenvalue weighted by Gasteiger charge is 2.37. The second-order valence-corrected chi connectivity index (χ2v) is 4.64. The molecular weight excluding hydrogens is 320 g/mol. The first-order valence-corrected chi connectivity index (χ1v) is 6.91. The van der Waals surface area contributed by atoms with Gasteiger partial charge in [0.25, 0.3) is 0 Å². The fraction of sp³-hybridized carbons (Fsp3) is 0.692. The van der Waals surface area contributed by atoms with Crippen LogP contribution in [0.1, 0.15) is 27.7 Å². The molecule has 0 N–H and O–H groups in total. The van der Waals surface area contributed by atoms with E-state index in [4.69, 9.17) is 30.5 Å². The molecule has 0 aliphatic carbocycles. The van der Waals surface area contributed by atoms with Crippen molar-refractivity contribution >= 4 is 35.5 Å². The van der Waals surface area contributed by atoms with Crippen LogP contribution in [-0.2, 0) is 38.1 Å². The van der Waals surface area contributed by atoms with Gasteiger partial charge in [-0.15, -0.1) is 11.6 Å². The fourth-order valence-corrected chi connectivity index (χ4v) is 1.83. The molecule has 0 amide bonds. The number of rotatable bonds is 8. The van der Waals surface area contributed by atoms with Crippen LogP contribution in [0.15, 0.2) is 0 Å². The summed E-state index contributed by atoms with van der Waals surface area (Å²) in [5.74, 6) is -2.88. The van der Waals surface area contributed by atoms with Gasteiger partial charge in [-0.25, -0.2) is 0 Å². The molecule has 0 fully saturated rings. The van der Waals surface area contributed by atoms with Crippen LogP contribution in [0.5, 0.6) is 0 Å². The van der Waals surface area contributed by atoms with E-state index in [1.165, 1.54) is 0 Å². The summed E-state index contributed by atoms with van der Waals surface area (Å²) in [6.07, 6.45) is -3.43. The van der Waals surface area contributed by atoms with Crippen molar-refractivity contribution in [3.63, 3.8) is 0 Å². The topological polar surface area (TPSA) is 105 Å². The second-order valence-electron chi connectivity index (χ2n) is 4.33. The van der Waals surface area contributed by atoms with Gasteiger partial charge in [0.05, 0.1) is 5.88 Å². The number of halogens is 1. The first-order valence-electron chi connectivity index (χ1n) is 6.38. The smallest absolute Gasteiger partial charge is 0.303 e. The molecule has 0 spiro atoms. The average Bonchev–Trinajstić information content (AvgIpc) is 2.37. The third kappa shape index (κ3) is 8.46. The fourth-order valence-electron chi connectivity index (χ4n) is 1.59. The van der Waals surface area contributed by atoms with Crippen molar-refractivity contribution < 1.29 is 38.1 Å². The Balaban J connectivity index is 5.30. The van der Waals surface area contributed by atoms with Crippen molar-refractivity contribution in [2.45, 2.75) is 46.0 Å². The molecule has 3 atom stereocenters. The van der Waals surface area contributed by atoms with Gasteiger partial charge in [-0.3, -0.25) is 19.2 Å². The van der Waals surface area contributed by atoms with E-state index >= 15 is 0 Å². The summed E-state index contributed by atoms with van der Waals surface area (Å²) >= 11 is 5.72. The van der Waals surface area contributed by atoms with Crippen LogP contribution in [0.25, 0.3) is 0 Å². The summed E-state index contributed by atoms with van der Waals surface area (Å²) in [6.45, 7) is 4.20. The number of ether oxygens (including phenoxy) is 4. The molecule has 0 unspecified atom stereocenters. The number of carbonyl (C=O) groups excluding carboxylic acids is 4. The van der Waals surface area contributed by atoms with E-state index in [2.05, 4.69) is 0 Å². The second kappa shape index (κ2) is 9.99. The molecule has 0 aromatic rings. The molecule has 0 aliphatic heterocycles. The molecule has 0 bridgehead atoms. The number of hydrogen-bond donors (Lipinski definition) is 0. The number of esters is 4. The number of hydrogen-bond acceptors (Lipinski definition) is 8. The van der Waals surface area contributed by atoms with Crippen molar-refractivity contribution in [2.75, 3.05) is 12.5 Å². The third-order valence-corrected chi connectivity index (χ3v) is 2.58. The van der Waals surface area contributed by atoms with E-state index in [1.807, 2.05) is 0 Å². The van der Waals surface area contributed by atoms with Crippen molar-refractivity contribution in [3.8, 4) is 0 Å². The van der Waals surface area contributed by atoms with Gasteiger partial charge in [-0.2, -0.15) is 0 Å². The molecule has 0 radical (unpaired) electrons. The van der Waals surface area contributed by atoms with Gasteiger partial charge in [-0.1, -0.05) is 0 Å². The van der Waals surface area contributed by atoms with Crippen LogP contribution < -0.4 is 0 Å². The lowest BCUT2D eigenvalue weighted by Crippen LogP contribution is -2.48. The Morgan fingerprint density at radius 1 is 0.773 bits per heavy atom. The Kier molecular flexibility index (Phi) is 9.16. The van der Waals surface area contributed by atoms with Crippen molar-refractivity contribution in [1.29, 1.82) is 0 Å². The lowest BCUT2D eigenvalue weighted by atomic mass is 10.1. The maximum absolute atomic E-state index is 11.2. The molecule has 0 rings (SSSR count). The lowest BCUT2D eigenvalue weighted by molar-refractivity contribution is -0.187. The zero-order valence-corrected chi connectivity index (χ0v) is 13.5. The minimum absolute atomic E-state index is 0.213. The highest BCUT2D eigenvalue weighted by Crippen LogP contribution is 2.16. The molecule has 0 aromatic carbocycles. The normalized spacial score (nSPS) is 14.2. The summed E-state index contributed by atoms with van der Waals surface area (Å²) in [6, 6.07) is 0. The SMILES string of the molecule is CC(=O)OC[C@@H](OC(C)=O)[C@H](OC(C)=O)[C@H](CCl)OC(C)=O. The highest BCUT2D eigenvalue weighted by atomic mass is 35.5. The Labute approximate surface area is 133 Å². The number of alkyl halides is 1. The molecule has 0 heterocycles. The van der Waals surface area contributed by atoms with Gasteiger partial charge < -0.3 is 18.9 Å². The predicted molar refractivity (Wildman–Crippen MR) is 74.0 cm³/mol. The standard InChI is InChI=1S/C13H19ClO8/c1-7(15)19-6-12(21-9(3)17)13(22-10(4)18)11(5-14)20-8(2)16/h11-13H,5-6H2,1-4H3/t11-,12+,13+/m0/s1. The van der Waals surface area contributed by atoms with Gasteiger partial charge in [0.15, 0.2) is 18.3 Å². The van der Waals surface area contributed by atoms with E-state index in [0.29, 0.717) is 0 Å². The summed E-state index contributed by atoms with van der Waals surface area (Å²) < 4.78 is 19.7. The lowest BCUT2D eigenvalue weighted by Gasteiger charge is -2.30. The van der Waals surface area contributed by atoms with Crippen molar-refractivity contribution in [1.82, 2.24) is 0 Å². The van der Waals surface area contributed by atoms with Crippen LogP contribution in [0.3, 0.4) is 0 Å².